The van der Waals surface area contributed by atoms with Gasteiger partial charge < -0.3 is 10.1 Å². The summed E-state index contributed by atoms with van der Waals surface area (Å²) in [5, 5.41) is 5.71. The van der Waals surface area contributed by atoms with Crippen LogP contribution in [0.2, 0.25) is 0 Å². The molecule has 2 rings (SSSR count). The molecular weight excluding hydrogens is 375 g/mol. The van der Waals surface area contributed by atoms with Crippen LogP contribution in [0.3, 0.4) is 0 Å². The first-order valence-corrected chi connectivity index (χ1v) is 9.76. The number of thiocarbonyl (C=S) groups is 1. The Morgan fingerprint density at radius 3 is 2.46 bits per heavy atom. The Morgan fingerprint density at radius 1 is 1.07 bits per heavy atom. The van der Waals surface area contributed by atoms with Gasteiger partial charge in [0.15, 0.2) is 5.11 Å². The van der Waals surface area contributed by atoms with E-state index >= 15 is 0 Å². The Labute approximate surface area is 170 Å². The molecule has 0 unspecified atom stereocenters. The first-order chi connectivity index (χ1) is 13.6. The smallest absolute Gasteiger partial charge is 0.250 e. The van der Waals surface area contributed by atoms with E-state index in [1.807, 2.05) is 24.3 Å². The van der Waals surface area contributed by atoms with Crippen LogP contribution < -0.4 is 15.4 Å². The van der Waals surface area contributed by atoms with Gasteiger partial charge in [0.05, 0.1) is 6.61 Å². The molecule has 0 heterocycles. The maximum absolute atomic E-state index is 12.9. The van der Waals surface area contributed by atoms with Crippen molar-refractivity contribution in [3.63, 3.8) is 0 Å². The summed E-state index contributed by atoms with van der Waals surface area (Å²) in [5.74, 6) is 0.119. The number of hydrogen-bond acceptors (Lipinski definition) is 3. The summed E-state index contributed by atoms with van der Waals surface area (Å²) in [5.41, 5.74) is 1.48. The molecule has 0 spiro atoms. The van der Waals surface area contributed by atoms with Gasteiger partial charge in [0.2, 0.25) is 5.91 Å². The van der Waals surface area contributed by atoms with Crippen molar-refractivity contribution in [1.29, 1.82) is 0 Å². The number of ether oxygens (including phenoxy) is 1. The zero-order valence-corrected chi connectivity index (χ0v) is 16.7. The maximum atomic E-state index is 12.9. The van der Waals surface area contributed by atoms with E-state index in [4.69, 9.17) is 17.0 Å². The van der Waals surface area contributed by atoms with E-state index in [1.165, 1.54) is 37.5 Å². The summed E-state index contributed by atoms with van der Waals surface area (Å²) >= 11 is 5.15. The number of unbranched alkanes of at least 4 members (excludes halogenated alkanes) is 3. The minimum absolute atomic E-state index is 0.196. The lowest BCUT2D eigenvalue weighted by atomic mass is 10.2. The van der Waals surface area contributed by atoms with Crippen LogP contribution >= 0.6 is 12.2 Å². The molecule has 2 aromatic carbocycles. The molecule has 28 heavy (non-hydrogen) atoms. The van der Waals surface area contributed by atoms with Gasteiger partial charge in [0.1, 0.15) is 11.6 Å². The maximum Gasteiger partial charge on any atom is 0.250 e. The summed E-state index contributed by atoms with van der Waals surface area (Å²) in [6.45, 7) is 2.89. The van der Waals surface area contributed by atoms with Crippen LogP contribution in [0.15, 0.2) is 54.6 Å². The Kier molecular flexibility index (Phi) is 9.15. The van der Waals surface area contributed by atoms with Crippen molar-refractivity contribution >= 4 is 35.0 Å². The molecule has 1 amide bonds. The molecule has 0 saturated carbocycles. The fraction of sp³-hybridized carbons (Fsp3) is 0.273. The molecule has 6 heteroatoms. The minimum atomic E-state index is -0.367. The number of amides is 1. The third kappa shape index (κ3) is 8.31. The standard InChI is InChI=1S/C22H25FN2O2S/c1-2-3-4-5-16-27-20-13-11-19(12-14-20)24-22(28)25-21(26)15-8-17-6-9-18(23)10-7-17/h6-15H,2-5,16H2,1H3,(H2,24,25,26,28)/b15-8+. The van der Waals surface area contributed by atoms with Gasteiger partial charge in [0, 0.05) is 11.8 Å². The Hall–Kier alpha value is -2.73. The van der Waals surface area contributed by atoms with Crippen LogP contribution in [0.25, 0.3) is 6.08 Å². The van der Waals surface area contributed by atoms with Crippen molar-refractivity contribution in [1.82, 2.24) is 5.32 Å². The summed E-state index contributed by atoms with van der Waals surface area (Å²) in [4.78, 5) is 11.9. The van der Waals surface area contributed by atoms with Crippen LogP contribution in [-0.4, -0.2) is 17.6 Å². The first kappa shape index (κ1) is 21.6. The predicted molar refractivity (Wildman–Crippen MR) is 116 cm³/mol. The summed E-state index contributed by atoms with van der Waals surface area (Å²) in [6.07, 6.45) is 7.60. The molecule has 0 bridgehead atoms. The van der Waals surface area contributed by atoms with Gasteiger partial charge in [-0.1, -0.05) is 38.3 Å². The highest BCUT2D eigenvalue weighted by Gasteiger charge is 2.02. The number of nitrogens with one attached hydrogen (secondary N) is 2. The molecule has 0 saturated heterocycles. The van der Waals surface area contributed by atoms with Crippen molar-refractivity contribution in [2.45, 2.75) is 32.6 Å². The van der Waals surface area contributed by atoms with Crippen LogP contribution in [0.5, 0.6) is 5.75 Å². The highest BCUT2D eigenvalue weighted by Crippen LogP contribution is 2.16. The molecule has 0 radical (unpaired) electrons. The minimum Gasteiger partial charge on any atom is -0.494 e. The molecular formula is C22H25FN2O2S. The average molecular weight is 401 g/mol. The fourth-order valence-electron chi connectivity index (χ4n) is 2.42. The van der Waals surface area contributed by atoms with E-state index in [2.05, 4.69) is 17.6 Å². The zero-order valence-electron chi connectivity index (χ0n) is 15.9. The van der Waals surface area contributed by atoms with Crippen LogP contribution in [0.1, 0.15) is 38.2 Å². The van der Waals surface area contributed by atoms with Crippen molar-refractivity contribution in [3.8, 4) is 5.75 Å². The zero-order chi connectivity index (χ0) is 20.2. The second-order valence-electron chi connectivity index (χ2n) is 6.26. The third-order valence-electron chi connectivity index (χ3n) is 3.91. The van der Waals surface area contributed by atoms with Gasteiger partial charge >= 0.3 is 0 Å². The number of benzene rings is 2. The summed E-state index contributed by atoms with van der Waals surface area (Å²) in [6, 6.07) is 13.3. The Bertz CT molecular complexity index is 789. The number of carbonyl (C=O) groups is 1. The number of halogens is 1. The third-order valence-corrected chi connectivity index (χ3v) is 4.12. The topological polar surface area (TPSA) is 50.4 Å². The summed E-state index contributed by atoms with van der Waals surface area (Å²) < 4.78 is 18.6. The molecule has 4 nitrogen and oxygen atoms in total. The molecule has 0 atom stereocenters. The van der Waals surface area contributed by atoms with Gasteiger partial charge in [-0.2, -0.15) is 0 Å². The van der Waals surface area contributed by atoms with Gasteiger partial charge in [-0.25, -0.2) is 4.39 Å². The van der Waals surface area contributed by atoms with Gasteiger partial charge in [-0.05, 0) is 66.7 Å². The molecule has 2 aromatic rings. The van der Waals surface area contributed by atoms with Crippen molar-refractivity contribution in [2.24, 2.45) is 0 Å². The lowest BCUT2D eigenvalue weighted by molar-refractivity contribution is -0.115. The molecule has 148 valence electrons. The SMILES string of the molecule is CCCCCCOc1ccc(NC(=S)NC(=O)/C=C/c2ccc(F)cc2)cc1. The molecule has 0 aliphatic rings. The van der Waals surface area contributed by atoms with Crippen molar-refractivity contribution < 1.29 is 13.9 Å². The van der Waals surface area contributed by atoms with E-state index in [1.54, 1.807) is 18.2 Å². The Morgan fingerprint density at radius 2 is 1.79 bits per heavy atom. The molecule has 2 N–H and O–H groups in total. The van der Waals surface area contributed by atoms with Gasteiger partial charge in [0.25, 0.3) is 0 Å². The normalized spacial score (nSPS) is 10.6. The van der Waals surface area contributed by atoms with Crippen molar-refractivity contribution in [3.05, 3.63) is 66.0 Å². The van der Waals surface area contributed by atoms with E-state index in [-0.39, 0.29) is 16.8 Å². The summed E-state index contributed by atoms with van der Waals surface area (Å²) in [7, 11) is 0. The van der Waals surface area contributed by atoms with Crippen LogP contribution in [0.4, 0.5) is 10.1 Å². The first-order valence-electron chi connectivity index (χ1n) is 9.35. The van der Waals surface area contributed by atoms with E-state index in [0.717, 1.165) is 23.4 Å². The van der Waals surface area contributed by atoms with Crippen LogP contribution in [-0.2, 0) is 4.79 Å². The van der Waals surface area contributed by atoms with Crippen molar-refractivity contribution in [2.75, 3.05) is 11.9 Å². The van der Waals surface area contributed by atoms with Gasteiger partial charge in [-0.15, -0.1) is 0 Å². The molecule has 0 aromatic heterocycles. The molecule has 0 aliphatic heterocycles. The van der Waals surface area contributed by atoms with Gasteiger partial charge in [-0.3, -0.25) is 10.1 Å². The highest BCUT2D eigenvalue weighted by atomic mass is 32.1. The van der Waals surface area contributed by atoms with E-state index in [0.29, 0.717) is 6.61 Å². The Balaban J connectivity index is 1.74. The number of carbonyl (C=O) groups excluding carboxylic acids is 1. The van der Waals surface area contributed by atoms with E-state index < -0.39 is 0 Å². The monoisotopic (exact) mass is 400 g/mol. The second-order valence-corrected chi connectivity index (χ2v) is 6.67. The fourth-order valence-corrected chi connectivity index (χ4v) is 2.63. The predicted octanol–water partition coefficient (Wildman–Crippen LogP) is 5.31. The molecule has 0 aliphatic carbocycles. The lowest BCUT2D eigenvalue weighted by Crippen LogP contribution is -2.32. The highest BCUT2D eigenvalue weighted by molar-refractivity contribution is 7.80. The van der Waals surface area contributed by atoms with Crippen LogP contribution in [0, 0.1) is 5.82 Å². The number of rotatable bonds is 9. The second kappa shape index (κ2) is 11.9. The number of hydrogen-bond donors (Lipinski definition) is 2. The lowest BCUT2D eigenvalue weighted by Gasteiger charge is -2.10. The average Bonchev–Trinajstić information content (AvgIpc) is 2.68. The largest absolute Gasteiger partial charge is 0.494 e. The number of anilines is 1. The molecule has 0 fully saturated rings. The van der Waals surface area contributed by atoms with E-state index in [9.17, 15) is 9.18 Å². The quantitative estimate of drug-likeness (QED) is 0.340.